The summed E-state index contributed by atoms with van der Waals surface area (Å²) in [6.45, 7) is 3.12. The molecular weight excluding hydrogens is 232 g/mol. The molecule has 0 spiro atoms. The van der Waals surface area contributed by atoms with E-state index in [1.165, 1.54) is 0 Å². The maximum atomic E-state index is 8.96. The molecular formula is C13H18N2OS. The molecule has 0 amide bonds. The molecule has 0 radical (unpaired) electrons. The zero-order valence-electron chi connectivity index (χ0n) is 10.1. The number of aliphatic hydroxyl groups is 1. The van der Waals surface area contributed by atoms with Gasteiger partial charge in [-0.15, -0.1) is 0 Å². The lowest BCUT2D eigenvalue weighted by atomic mass is 10.1. The Morgan fingerprint density at radius 2 is 2.24 bits per heavy atom. The summed E-state index contributed by atoms with van der Waals surface area (Å²) in [5, 5.41) is 20.9. The third-order valence-electron chi connectivity index (χ3n) is 2.30. The zero-order chi connectivity index (χ0) is 12.5. The summed E-state index contributed by atoms with van der Waals surface area (Å²) >= 11 is 1.81. The molecule has 0 atom stereocenters. The molecule has 1 aromatic carbocycles. The van der Waals surface area contributed by atoms with Gasteiger partial charge >= 0.3 is 0 Å². The second-order valence-electron chi connectivity index (χ2n) is 3.78. The van der Waals surface area contributed by atoms with Crippen molar-refractivity contribution in [2.45, 2.75) is 13.3 Å². The van der Waals surface area contributed by atoms with Crippen LogP contribution in [0.1, 0.15) is 17.5 Å². The number of aryl methyl sites for hydroxylation is 1. The van der Waals surface area contributed by atoms with E-state index in [2.05, 4.69) is 11.4 Å². The van der Waals surface area contributed by atoms with E-state index in [0.29, 0.717) is 5.56 Å². The minimum Gasteiger partial charge on any atom is -0.396 e. The Hall–Kier alpha value is -1.18. The van der Waals surface area contributed by atoms with Crippen LogP contribution in [0.15, 0.2) is 18.2 Å². The van der Waals surface area contributed by atoms with Gasteiger partial charge in [0.15, 0.2) is 0 Å². The van der Waals surface area contributed by atoms with Gasteiger partial charge in [0.1, 0.15) is 6.07 Å². The third-order valence-corrected chi connectivity index (χ3v) is 3.37. The monoisotopic (exact) mass is 250 g/mol. The first-order chi connectivity index (χ1) is 8.27. The molecule has 1 rings (SSSR count). The fraction of sp³-hybridized carbons (Fsp3) is 0.462. The number of rotatable bonds is 7. The summed E-state index contributed by atoms with van der Waals surface area (Å²) in [6.07, 6.45) is 0.846. The molecule has 0 aliphatic rings. The largest absolute Gasteiger partial charge is 0.396 e. The molecule has 0 saturated carbocycles. The normalized spacial score (nSPS) is 9.94. The lowest BCUT2D eigenvalue weighted by Gasteiger charge is -2.08. The fourth-order valence-corrected chi connectivity index (χ4v) is 2.21. The van der Waals surface area contributed by atoms with E-state index in [-0.39, 0.29) is 6.61 Å². The number of nitrogens with zero attached hydrogens (tertiary/aromatic N) is 1. The summed E-state index contributed by atoms with van der Waals surface area (Å²) in [6, 6.07) is 7.97. The van der Waals surface area contributed by atoms with Crippen molar-refractivity contribution in [3.63, 3.8) is 0 Å². The van der Waals surface area contributed by atoms with Crippen LogP contribution >= 0.6 is 11.8 Å². The fourth-order valence-electron chi connectivity index (χ4n) is 1.43. The van der Waals surface area contributed by atoms with Gasteiger partial charge in [-0.05, 0) is 36.8 Å². The van der Waals surface area contributed by atoms with E-state index in [1.807, 2.05) is 36.9 Å². The Bertz CT molecular complexity index is 387. The second kappa shape index (κ2) is 7.99. The van der Waals surface area contributed by atoms with Gasteiger partial charge in [0.2, 0.25) is 0 Å². The smallest absolute Gasteiger partial charge is 0.101 e. The van der Waals surface area contributed by atoms with Gasteiger partial charge in [-0.3, -0.25) is 0 Å². The Morgan fingerprint density at radius 3 is 2.94 bits per heavy atom. The molecule has 0 aromatic heterocycles. The quantitative estimate of drug-likeness (QED) is 0.730. The number of hydrogen-bond acceptors (Lipinski definition) is 4. The van der Waals surface area contributed by atoms with E-state index in [9.17, 15) is 0 Å². The Kier molecular flexibility index (Phi) is 6.53. The number of nitrogens with one attached hydrogen (secondary N) is 1. The van der Waals surface area contributed by atoms with Gasteiger partial charge in [0.05, 0.1) is 11.3 Å². The number of thioether (sulfide) groups is 1. The van der Waals surface area contributed by atoms with Crippen LogP contribution in [0, 0.1) is 18.3 Å². The minimum absolute atomic E-state index is 0.261. The zero-order valence-corrected chi connectivity index (χ0v) is 10.9. The van der Waals surface area contributed by atoms with Gasteiger partial charge in [0.25, 0.3) is 0 Å². The van der Waals surface area contributed by atoms with Crippen molar-refractivity contribution >= 4 is 17.4 Å². The molecule has 3 nitrogen and oxygen atoms in total. The maximum absolute atomic E-state index is 8.96. The number of hydrogen-bond donors (Lipinski definition) is 2. The van der Waals surface area contributed by atoms with Crippen LogP contribution < -0.4 is 5.32 Å². The summed E-state index contributed by atoms with van der Waals surface area (Å²) in [5.74, 6) is 1.97. The molecule has 0 unspecified atom stereocenters. The molecule has 2 N–H and O–H groups in total. The first-order valence-corrected chi connectivity index (χ1v) is 6.86. The van der Waals surface area contributed by atoms with Crippen LogP contribution in [0.4, 0.5) is 5.69 Å². The molecule has 0 heterocycles. The second-order valence-corrected chi connectivity index (χ2v) is 5.00. The number of benzene rings is 1. The lowest BCUT2D eigenvalue weighted by Crippen LogP contribution is -2.06. The van der Waals surface area contributed by atoms with Gasteiger partial charge in [0, 0.05) is 18.9 Å². The van der Waals surface area contributed by atoms with Crippen LogP contribution in [0.25, 0.3) is 0 Å². The van der Waals surface area contributed by atoms with Gasteiger partial charge in [-0.25, -0.2) is 0 Å². The van der Waals surface area contributed by atoms with Crippen molar-refractivity contribution in [2.24, 2.45) is 0 Å². The Labute approximate surface area is 107 Å². The molecule has 0 aliphatic heterocycles. The lowest BCUT2D eigenvalue weighted by molar-refractivity contribution is 0.296. The van der Waals surface area contributed by atoms with Crippen molar-refractivity contribution in [3.8, 4) is 6.07 Å². The summed E-state index contributed by atoms with van der Waals surface area (Å²) < 4.78 is 0. The van der Waals surface area contributed by atoms with Crippen LogP contribution in [-0.4, -0.2) is 29.8 Å². The molecule has 4 heteroatoms. The first kappa shape index (κ1) is 13.9. The SMILES string of the molecule is Cc1ccc(C#N)c(NCCSCCCO)c1. The van der Waals surface area contributed by atoms with E-state index in [1.54, 1.807) is 0 Å². The van der Waals surface area contributed by atoms with Crippen molar-refractivity contribution in [2.75, 3.05) is 30.0 Å². The Morgan fingerprint density at radius 1 is 1.41 bits per heavy atom. The van der Waals surface area contributed by atoms with Gasteiger partial charge in [-0.2, -0.15) is 17.0 Å². The Balaban J connectivity index is 2.36. The predicted octanol–water partition coefficient (Wildman–Crippen LogP) is 2.39. The van der Waals surface area contributed by atoms with E-state index in [0.717, 1.165) is 35.7 Å². The van der Waals surface area contributed by atoms with Crippen LogP contribution in [-0.2, 0) is 0 Å². The molecule has 1 aromatic rings. The molecule has 17 heavy (non-hydrogen) atoms. The molecule has 92 valence electrons. The summed E-state index contributed by atoms with van der Waals surface area (Å²) in [7, 11) is 0. The van der Waals surface area contributed by atoms with E-state index < -0.39 is 0 Å². The highest BCUT2D eigenvalue weighted by Crippen LogP contribution is 2.16. The maximum Gasteiger partial charge on any atom is 0.101 e. The van der Waals surface area contributed by atoms with E-state index in [4.69, 9.17) is 10.4 Å². The van der Waals surface area contributed by atoms with E-state index >= 15 is 0 Å². The minimum atomic E-state index is 0.261. The number of anilines is 1. The predicted molar refractivity (Wildman–Crippen MR) is 73.4 cm³/mol. The van der Waals surface area contributed by atoms with Crippen molar-refractivity contribution in [1.82, 2.24) is 0 Å². The van der Waals surface area contributed by atoms with Crippen molar-refractivity contribution in [3.05, 3.63) is 29.3 Å². The topological polar surface area (TPSA) is 56.0 Å². The highest BCUT2D eigenvalue weighted by atomic mass is 32.2. The summed E-state index contributed by atoms with van der Waals surface area (Å²) in [4.78, 5) is 0. The highest BCUT2D eigenvalue weighted by Gasteiger charge is 2.00. The molecule has 0 fully saturated rings. The first-order valence-electron chi connectivity index (χ1n) is 5.71. The van der Waals surface area contributed by atoms with Crippen molar-refractivity contribution in [1.29, 1.82) is 5.26 Å². The number of nitriles is 1. The van der Waals surface area contributed by atoms with Crippen molar-refractivity contribution < 1.29 is 5.11 Å². The number of aliphatic hydroxyl groups excluding tert-OH is 1. The van der Waals surface area contributed by atoms with Crippen LogP contribution in [0.3, 0.4) is 0 Å². The third kappa shape index (κ3) is 5.12. The van der Waals surface area contributed by atoms with Crippen LogP contribution in [0.2, 0.25) is 0 Å². The summed E-state index contributed by atoms with van der Waals surface area (Å²) in [5.41, 5.74) is 2.76. The molecule has 0 saturated heterocycles. The standard InChI is InChI=1S/C13H18N2OS/c1-11-3-4-12(10-14)13(9-11)15-5-8-17-7-2-6-16/h3-4,9,15-16H,2,5-8H2,1H3. The van der Waals surface area contributed by atoms with Gasteiger partial charge < -0.3 is 10.4 Å². The molecule has 0 bridgehead atoms. The van der Waals surface area contributed by atoms with Crippen LogP contribution in [0.5, 0.6) is 0 Å². The average Bonchev–Trinajstić information content (AvgIpc) is 2.34. The van der Waals surface area contributed by atoms with Gasteiger partial charge in [-0.1, -0.05) is 6.07 Å². The highest BCUT2D eigenvalue weighted by molar-refractivity contribution is 7.99. The average molecular weight is 250 g/mol. The molecule has 0 aliphatic carbocycles.